The maximum absolute atomic E-state index is 12.8. The normalized spacial score (nSPS) is 17.4. The molecule has 2 atom stereocenters. The van der Waals surface area contributed by atoms with Crippen LogP contribution in [0.3, 0.4) is 0 Å². The lowest BCUT2D eigenvalue weighted by Gasteiger charge is -2.25. The molecule has 0 aromatic heterocycles. The van der Waals surface area contributed by atoms with E-state index in [2.05, 4.69) is 16.0 Å². The number of benzene rings is 2. The number of hydrogen-bond donors (Lipinski definition) is 3. The molecule has 1 heterocycles. The van der Waals surface area contributed by atoms with Crippen molar-refractivity contribution in [3.05, 3.63) is 71.8 Å². The van der Waals surface area contributed by atoms with E-state index in [4.69, 9.17) is 0 Å². The Balaban J connectivity index is 1.73. The Kier molecular flexibility index (Phi) is 6.16. The summed E-state index contributed by atoms with van der Waals surface area (Å²) in [7, 11) is 0. The molecular weight excluding hydrogens is 358 g/mol. The van der Waals surface area contributed by atoms with Crippen LogP contribution in [0.5, 0.6) is 0 Å². The molecule has 0 saturated carbocycles. The van der Waals surface area contributed by atoms with Crippen molar-refractivity contribution in [2.24, 2.45) is 0 Å². The standard InChI is InChI=1S/C21H21N3O4/c25-18-12-11-16(20(27)24-18)22-21(28)17(13-14-7-3-1-4-8-14)23-19(26)15-9-5-2-6-10-15/h1-10,16-17H,11-13H2,(H,22,28)(H,23,26)(H,24,25,27)/t16?,17-/m0/s1. The lowest BCUT2D eigenvalue weighted by Crippen LogP contribution is -2.57. The van der Waals surface area contributed by atoms with Gasteiger partial charge in [-0.05, 0) is 24.1 Å². The third kappa shape index (κ3) is 5.03. The number of rotatable bonds is 6. The van der Waals surface area contributed by atoms with Crippen LogP contribution >= 0.6 is 0 Å². The minimum Gasteiger partial charge on any atom is -0.342 e. The molecule has 7 heteroatoms. The Morgan fingerprint density at radius 1 is 1.00 bits per heavy atom. The van der Waals surface area contributed by atoms with E-state index >= 15 is 0 Å². The summed E-state index contributed by atoms with van der Waals surface area (Å²) in [6.45, 7) is 0. The zero-order valence-electron chi connectivity index (χ0n) is 15.2. The largest absolute Gasteiger partial charge is 0.342 e. The molecular formula is C21H21N3O4. The first-order valence-corrected chi connectivity index (χ1v) is 9.07. The second-order valence-electron chi connectivity index (χ2n) is 6.59. The van der Waals surface area contributed by atoms with Crippen molar-refractivity contribution in [2.45, 2.75) is 31.3 Å². The number of nitrogens with one attached hydrogen (secondary N) is 3. The van der Waals surface area contributed by atoms with Gasteiger partial charge in [-0.2, -0.15) is 0 Å². The van der Waals surface area contributed by atoms with Gasteiger partial charge in [0.15, 0.2) is 0 Å². The van der Waals surface area contributed by atoms with Crippen LogP contribution in [0.25, 0.3) is 0 Å². The van der Waals surface area contributed by atoms with Crippen molar-refractivity contribution < 1.29 is 19.2 Å². The molecule has 0 aliphatic carbocycles. The molecule has 28 heavy (non-hydrogen) atoms. The third-order valence-corrected chi connectivity index (χ3v) is 4.50. The van der Waals surface area contributed by atoms with E-state index < -0.39 is 23.9 Å². The van der Waals surface area contributed by atoms with Crippen LogP contribution in [0.4, 0.5) is 0 Å². The van der Waals surface area contributed by atoms with E-state index in [1.807, 2.05) is 30.3 Å². The molecule has 0 bridgehead atoms. The molecule has 2 aromatic rings. The second kappa shape index (κ2) is 8.94. The van der Waals surface area contributed by atoms with Crippen LogP contribution in [0.1, 0.15) is 28.8 Å². The van der Waals surface area contributed by atoms with Crippen molar-refractivity contribution >= 4 is 23.6 Å². The summed E-state index contributed by atoms with van der Waals surface area (Å²) < 4.78 is 0. The van der Waals surface area contributed by atoms with Crippen LogP contribution in [0, 0.1) is 0 Å². The van der Waals surface area contributed by atoms with Gasteiger partial charge in [-0.3, -0.25) is 24.5 Å². The van der Waals surface area contributed by atoms with Gasteiger partial charge < -0.3 is 10.6 Å². The highest BCUT2D eigenvalue weighted by atomic mass is 16.2. The zero-order chi connectivity index (χ0) is 19.9. The fourth-order valence-electron chi connectivity index (χ4n) is 2.99. The highest BCUT2D eigenvalue weighted by Gasteiger charge is 2.31. The van der Waals surface area contributed by atoms with Gasteiger partial charge in [-0.25, -0.2) is 0 Å². The van der Waals surface area contributed by atoms with E-state index in [9.17, 15) is 19.2 Å². The molecule has 2 aromatic carbocycles. The quantitative estimate of drug-likeness (QED) is 0.650. The summed E-state index contributed by atoms with van der Waals surface area (Å²) >= 11 is 0. The van der Waals surface area contributed by atoms with Gasteiger partial charge in [0.1, 0.15) is 12.1 Å². The number of piperidine rings is 1. The Labute approximate surface area is 162 Å². The molecule has 1 saturated heterocycles. The maximum atomic E-state index is 12.8. The average Bonchev–Trinajstić information content (AvgIpc) is 2.71. The molecule has 3 N–H and O–H groups in total. The number of imide groups is 1. The van der Waals surface area contributed by atoms with Crippen molar-refractivity contribution in [1.82, 2.24) is 16.0 Å². The van der Waals surface area contributed by atoms with Crippen LogP contribution < -0.4 is 16.0 Å². The zero-order valence-corrected chi connectivity index (χ0v) is 15.2. The summed E-state index contributed by atoms with van der Waals surface area (Å²) in [5.74, 6) is -1.73. The molecule has 3 rings (SSSR count). The smallest absolute Gasteiger partial charge is 0.251 e. The van der Waals surface area contributed by atoms with Gasteiger partial charge in [-0.15, -0.1) is 0 Å². The van der Waals surface area contributed by atoms with Gasteiger partial charge in [0.2, 0.25) is 17.7 Å². The van der Waals surface area contributed by atoms with Gasteiger partial charge in [-0.1, -0.05) is 48.5 Å². The summed E-state index contributed by atoms with van der Waals surface area (Å²) in [6, 6.07) is 16.2. The topological polar surface area (TPSA) is 104 Å². The van der Waals surface area contributed by atoms with Gasteiger partial charge >= 0.3 is 0 Å². The van der Waals surface area contributed by atoms with E-state index in [1.54, 1.807) is 30.3 Å². The fraction of sp³-hybridized carbons (Fsp3) is 0.238. The minimum absolute atomic E-state index is 0.163. The summed E-state index contributed by atoms with van der Waals surface area (Å²) in [4.78, 5) is 48.6. The van der Waals surface area contributed by atoms with Crippen LogP contribution in [-0.2, 0) is 20.8 Å². The number of hydrogen-bond acceptors (Lipinski definition) is 4. The minimum atomic E-state index is -0.861. The molecule has 1 fully saturated rings. The first-order valence-electron chi connectivity index (χ1n) is 9.07. The first-order chi connectivity index (χ1) is 13.5. The Hall–Kier alpha value is -3.48. The highest BCUT2D eigenvalue weighted by Crippen LogP contribution is 2.08. The van der Waals surface area contributed by atoms with E-state index in [1.165, 1.54) is 0 Å². The second-order valence-corrected chi connectivity index (χ2v) is 6.59. The lowest BCUT2D eigenvalue weighted by molar-refractivity contribution is -0.137. The van der Waals surface area contributed by atoms with Crippen molar-refractivity contribution in [3.8, 4) is 0 Å². The van der Waals surface area contributed by atoms with Gasteiger partial charge in [0.25, 0.3) is 5.91 Å². The molecule has 1 aliphatic rings. The summed E-state index contributed by atoms with van der Waals surface area (Å²) in [5, 5.41) is 7.60. The number of amides is 4. The van der Waals surface area contributed by atoms with Gasteiger partial charge in [0, 0.05) is 18.4 Å². The molecule has 1 aliphatic heterocycles. The Bertz CT molecular complexity index is 868. The predicted molar refractivity (Wildman–Crippen MR) is 102 cm³/mol. The molecule has 4 amide bonds. The van der Waals surface area contributed by atoms with E-state index in [-0.39, 0.29) is 31.1 Å². The lowest BCUT2D eigenvalue weighted by atomic mass is 10.0. The van der Waals surface area contributed by atoms with E-state index in [0.717, 1.165) is 5.56 Å². The van der Waals surface area contributed by atoms with Crippen molar-refractivity contribution in [3.63, 3.8) is 0 Å². The van der Waals surface area contributed by atoms with Crippen LogP contribution in [0.2, 0.25) is 0 Å². The molecule has 7 nitrogen and oxygen atoms in total. The van der Waals surface area contributed by atoms with Crippen molar-refractivity contribution in [1.29, 1.82) is 0 Å². The van der Waals surface area contributed by atoms with Crippen molar-refractivity contribution in [2.75, 3.05) is 0 Å². The van der Waals surface area contributed by atoms with Crippen LogP contribution in [0.15, 0.2) is 60.7 Å². The Morgan fingerprint density at radius 2 is 1.64 bits per heavy atom. The van der Waals surface area contributed by atoms with Crippen LogP contribution in [-0.4, -0.2) is 35.7 Å². The third-order valence-electron chi connectivity index (χ3n) is 4.50. The SMILES string of the molecule is O=C1CCC(NC(=O)[C@H](Cc2ccccc2)NC(=O)c2ccccc2)C(=O)N1. The monoisotopic (exact) mass is 379 g/mol. The number of carbonyl (C=O) groups excluding carboxylic acids is 4. The van der Waals surface area contributed by atoms with E-state index in [0.29, 0.717) is 5.56 Å². The Morgan fingerprint density at radius 3 is 2.29 bits per heavy atom. The molecule has 0 radical (unpaired) electrons. The maximum Gasteiger partial charge on any atom is 0.251 e. The molecule has 0 spiro atoms. The summed E-state index contributed by atoms with van der Waals surface area (Å²) in [6.07, 6.45) is 0.677. The summed E-state index contributed by atoms with van der Waals surface area (Å²) in [5.41, 5.74) is 1.31. The predicted octanol–water partition coefficient (Wildman–Crippen LogP) is 0.949. The highest BCUT2D eigenvalue weighted by molar-refractivity contribution is 6.03. The van der Waals surface area contributed by atoms with Gasteiger partial charge in [0.05, 0.1) is 0 Å². The molecule has 1 unspecified atom stereocenters. The molecule has 144 valence electrons. The first kappa shape index (κ1) is 19.3. The number of carbonyl (C=O) groups is 4. The average molecular weight is 379 g/mol. The fourth-order valence-corrected chi connectivity index (χ4v) is 2.99.